The Kier molecular flexibility index (Phi) is 8.70. The number of hydrogen-bond acceptors (Lipinski definition) is 4. The van der Waals surface area contributed by atoms with Crippen molar-refractivity contribution in [2.24, 2.45) is 0 Å². The minimum atomic E-state index is -0.214. The first-order valence-electron chi connectivity index (χ1n) is 11.0. The molecule has 2 rings (SSSR count). The largest absolute Gasteiger partial charge is 0.493 e. The van der Waals surface area contributed by atoms with Gasteiger partial charge in [0, 0.05) is 11.1 Å². The van der Waals surface area contributed by atoms with Gasteiger partial charge in [0.1, 0.15) is 6.54 Å². The highest BCUT2D eigenvalue weighted by molar-refractivity contribution is 5.78. The van der Waals surface area contributed by atoms with Crippen molar-refractivity contribution >= 4 is 11.8 Å². The number of piperazine rings is 1. The van der Waals surface area contributed by atoms with E-state index in [1.54, 1.807) is 14.2 Å². The quantitative estimate of drug-likeness (QED) is 0.472. The fourth-order valence-corrected chi connectivity index (χ4v) is 3.91. The Bertz CT molecular complexity index is 768. The van der Waals surface area contributed by atoms with Crippen molar-refractivity contribution in [2.75, 3.05) is 60.5 Å². The van der Waals surface area contributed by atoms with Crippen molar-refractivity contribution in [3.8, 4) is 11.5 Å². The molecule has 8 nitrogen and oxygen atoms in total. The SMILES string of the molecule is COc1cc(C)c(C[NH+](C)CC(=O)N2CC[NH+](CC(=O)NC(C)(C)C)CC2)cc1OC. The summed E-state index contributed by atoms with van der Waals surface area (Å²) in [7, 11) is 5.29. The lowest BCUT2D eigenvalue weighted by Crippen LogP contribution is -3.16. The number of carbonyl (C=O) groups is 2. The molecule has 0 aliphatic carbocycles. The zero-order valence-corrected chi connectivity index (χ0v) is 20.2. The number of nitrogens with one attached hydrogen (secondary N) is 3. The van der Waals surface area contributed by atoms with Gasteiger partial charge in [0.15, 0.2) is 24.6 Å². The fourth-order valence-electron chi connectivity index (χ4n) is 3.91. The van der Waals surface area contributed by atoms with Crippen molar-refractivity contribution in [3.05, 3.63) is 23.3 Å². The third-order valence-electron chi connectivity index (χ3n) is 5.54. The number of likely N-dealkylation sites (N-methyl/N-ethyl adjacent to an activating group) is 1. The molecule has 1 aliphatic rings. The van der Waals surface area contributed by atoms with Crippen LogP contribution >= 0.6 is 0 Å². The van der Waals surface area contributed by atoms with Crippen molar-refractivity contribution in [3.63, 3.8) is 0 Å². The van der Waals surface area contributed by atoms with Crippen molar-refractivity contribution in [1.29, 1.82) is 0 Å². The molecular formula is C23H40N4O4+2. The average molecular weight is 437 g/mol. The van der Waals surface area contributed by atoms with Crippen LogP contribution in [-0.2, 0) is 16.1 Å². The first-order valence-corrected chi connectivity index (χ1v) is 11.0. The Morgan fingerprint density at radius 3 is 2.26 bits per heavy atom. The highest BCUT2D eigenvalue weighted by Gasteiger charge is 2.27. The second-order valence-electron chi connectivity index (χ2n) is 9.55. The number of hydrogen-bond donors (Lipinski definition) is 3. The smallest absolute Gasteiger partial charge is 0.278 e. The molecule has 1 aliphatic heterocycles. The van der Waals surface area contributed by atoms with E-state index in [2.05, 4.69) is 5.32 Å². The summed E-state index contributed by atoms with van der Waals surface area (Å²) < 4.78 is 10.8. The van der Waals surface area contributed by atoms with Gasteiger partial charge < -0.3 is 29.5 Å². The van der Waals surface area contributed by atoms with Crippen molar-refractivity contribution < 1.29 is 28.9 Å². The Hall–Kier alpha value is -2.32. The Balaban J connectivity index is 1.83. The van der Waals surface area contributed by atoms with E-state index >= 15 is 0 Å². The topological polar surface area (TPSA) is 76.8 Å². The predicted octanol–water partition coefficient (Wildman–Crippen LogP) is -1.33. The van der Waals surface area contributed by atoms with Crippen LogP contribution in [0.15, 0.2) is 12.1 Å². The number of nitrogens with zero attached hydrogens (tertiary/aromatic N) is 1. The van der Waals surface area contributed by atoms with E-state index in [1.165, 1.54) is 4.90 Å². The predicted molar refractivity (Wildman–Crippen MR) is 120 cm³/mol. The number of ether oxygens (including phenoxy) is 2. The van der Waals surface area contributed by atoms with E-state index in [0.717, 1.165) is 35.7 Å². The number of carbonyl (C=O) groups excluding carboxylic acids is 2. The van der Waals surface area contributed by atoms with Crippen molar-refractivity contribution in [1.82, 2.24) is 10.2 Å². The molecule has 0 spiro atoms. The zero-order valence-electron chi connectivity index (χ0n) is 20.2. The van der Waals surface area contributed by atoms with Crippen LogP contribution in [0, 0.1) is 6.92 Å². The maximum atomic E-state index is 12.8. The number of methoxy groups -OCH3 is 2. The summed E-state index contributed by atoms with van der Waals surface area (Å²) in [4.78, 5) is 29.2. The van der Waals surface area contributed by atoms with Gasteiger partial charge in [0.25, 0.3) is 11.8 Å². The van der Waals surface area contributed by atoms with Crippen LogP contribution in [0.25, 0.3) is 0 Å². The molecular weight excluding hydrogens is 396 g/mol. The lowest BCUT2D eigenvalue weighted by atomic mass is 10.1. The second kappa shape index (κ2) is 10.8. The van der Waals surface area contributed by atoms with Crippen LogP contribution in [0.1, 0.15) is 31.9 Å². The molecule has 2 amide bonds. The molecule has 1 atom stereocenters. The minimum Gasteiger partial charge on any atom is -0.493 e. The van der Waals surface area contributed by atoms with Crippen LogP contribution in [-0.4, -0.2) is 82.8 Å². The lowest BCUT2D eigenvalue weighted by Gasteiger charge is -2.32. The van der Waals surface area contributed by atoms with Gasteiger partial charge in [-0.25, -0.2) is 0 Å². The summed E-state index contributed by atoms with van der Waals surface area (Å²) in [6.45, 7) is 12.6. The normalized spacial score (nSPS) is 16.0. The summed E-state index contributed by atoms with van der Waals surface area (Å²) >= 11 is 0. The van der Waals surface area contributed by atoms with Gasteiger partial charge >= 0.3 is 0 Å². The molecule has 1 aromatic carbocycles. The first kappa shape index (κ1) is 24.9. The molecule has 8 heteroatoms. The van der Waals surface area contributed by atoms with Gasteiger partial charge in [0.05, 0.1) is 47.4 Å². The molecule has 174 valence electrons. The molecule has 1 aromatic rings. The molecule has 1 saturated heterocycles. The number of benzene rings is 1. The van der Waals surface area contributed by atoms with Crippen LogP contribution < -0.4 is 24.6 Å². The van der Waals surface area contributed by atoms with E-state index in [9.17, 15) is 9.59 Å². The molecule has 1 fully saturated rings. The number of rotatable bonds is 8. The first-order chi connectivity index (χ1) is 14.5. The fraction of sp³-hybridized carbons (Fsp3) is 0.652. The number of amides is 2. The van der Waals surface area contributed by atoms with Crippen molar-refractivity contribution in [2.45, 2.75) is 39.8 Å². The Labute approximate surface area is 186 Å². The van der Waals surface area contributed by atoms with E-state index in [-0.39, 0.29) is 17.4 Å². The molecule has 1 heterocycles. The van der Waals surface area contributed by atoms with Crippen LogP contribution in [0.2, 0.25) is 0 Å². The minimum absolute atomic E-state index is 0.0664. The Morgan fingerprint density at radius 2 is 1.71 bits per heavy atom. The monoisotopic (exact) mass is 436 g/mol. The van der Waals surface area contributed by atoms with Crippen LogP contribution in [0.5, 0.6) is 11.5 Å². The molecule has 0 radical (unpaired) electrons. The molecule has 0 saturated carbocycles. The molecule has 31 heavy (non-hydrogen) atoms. The number of quaternary nitrogens is 2. The summed E-state index contributed by atoms with van der Waals surface area (Å²) in [5, 5.41) is 3.01. The lowest BCUT2D eigenvalue weighted by molar-refractivity contribution is -0.897. The van der Waals surface area contributed by atoms with Gasteiger partial charge in [-0.2, -0.15) is 0 Å². The number of aryl methyl sites for hydroxylation is 1. The highest BCUT2D eigenvalue weighted by Crippen LogP contribution is 2.29. The molecule has 0 bridgehead atoms. The Morgan fingerprint density at radius 1 is 1.13 bits per heavy atom. The van der Waals surface area contributed by atoms with E-state index in [4.69, 9.17) is 9.47 Å². The second-order valence-corrected chi connectivity index (χ2v) is 9.55. The molecule has 0 aromatic heterocycles. The third-order valence-corrected chi connectivity index (χ3v) is 5.54. The maximum absolute atomic E-state index is 12.8. The van der Waals surface area contributed by atoms with Gasteiger partial charge in [-0.05, 0) is 45.4 Å². The van der Waals surface area contributed by atoms with Crippen LogP contribution in [0.4, 0.5) is 0 Å². The highest BCUT2D eigenvalue weighted by atomic mass is 16.5. The summed E-state index contributed by atoms with van der Waals surface area (Å²) in [5.74, 6) is 1.65. The van der Waals surface area contributed by atoms with Gasteiger partial charge in [-0.15, -0.1) is 0 Å². The summed E-state index contributed by atoms with van der Waals surface area (Å²) in [6.07, 6.45) is 0. The van der Waals surface area contributed by atoms with E-state index in [0.29, 0.717) is 37.7 Å². The average Bonchev–Trinajstić information content (AvgIpc) is 2.68. The zero-order chi connectivity index (χ0) is 23.2. The van der Waals surface area contributed by atoms with E-state index < -0.39 is 0 Å². The summed E-state index contributed by atoms with van der Waals surface area (Å²) in [5.41, 5.74) is 2.05. The van der Waals surface area contributed by atoms with Crippen LogP contribution in [0.3, 0.4) is 0 Å². The van der Waals surface area contributed by atoms with Gasteiger partial charge in [-0.1, -0.05) is 0 Å². The standard InChI is InChI=1S/C23H38N4O4/c1-17-12-19(30-6)20(31-7)13-18(17)14-25(5)16-22(29)27-10-8-26(9-11-27)15-21(28)24-23(2,3)4/h12-13H,8-11,14-16H2,1-7H3,(H,24,28)/p+2. The van der Waals surface area contributed by atoms with Gasteiger partial charge in [0.2, 0.25) is 0 Å². The maximum Gasteiger partial charge on any atom is 0.278 e. The summed E-state index contributed by atoms with van der Waals surface area (Å²) in [6, 6.07) is 3.97. The van der Waals surface area contributed by atoms with Gasteiger partial charge in [-0.3, -0.25) is 9.59 Å². The molecule has 1 unspecified atom stereocenters. The third kappa shape index (κ3) is 7.70. The van der Waals surface area contributed by atoms with E-state index in [1.807, 2.05) is 51.8 Å². The molecule has 3 N–H and O–H groups in total.